The van der Waals surface area contributed by atoms with Crippen molar-refractivity contribution in [1.29, 1.82) is 0 Å². The fourth-order valence-electron chi connectivity index (χ4n) is 3.82. The third kappa shape index (κ3) is 5.16. The molecule has 2 aromatic heterocycles. The number of carbonyl (C=O) groups excluding carboxylic acids is 3. The summed E-state index contributed by atoms with van der Waals surface area (Å²) in [6, 6.07) is 8.73. The summed E-state index contributed by atoms with van der Waals surface area (Å²) >= 11 is 0. The number of esters is 1. The van der Waals surface area contributed by atoms with Gasteiger partial charge in [0.15, 0.2) is 5.78 Å². The van der Waals surface area contributed by atoms with Crippen LogP contribution >= 0.6 is 0 Å². The van der Waals surface area contributed by atoms with Gasteiger partial charge in [-0.2, -0.15) is 0 Å². The van der Waals surface area contributed by atoms with Crippen molar-refractivity contribution in [3.05, 3.63) is 88.3 Å². The normalized spacial score (nSPS) is 10.7. The molecule has 0 saturated heterocycles. The first-order valence-corrected chi connectivity index (χ1v) is 10.5. The van der Waals surface area contributed by atoms with E-state index in [4.69, 9.17) is 4.74 Å². The van der Waals surface area contributed by atoms with E-state index in [0.29, 0.717) is 22.5 Å². The summed E-state index contributed by atoms with van der Waals surface area (Å²) in [4.78, 5) is 44.5. The standard InChI is InChI=1S/C25H26FN3O4/c1-5-33-25(32)23-16(2)22(17(3)28(23)4)21(30)15-29(14-18-7-6-12-27-13-18)24(31)19-8-10-20(26)11-9-19/h6-13H,5,14-15H2,1-4H3. The van der Waals surface area contributed by atoms with Crippen LogP contribution in [0.25, 0.3) is 0 Å². The second kappa shape index (κ2) is 10.2. The molecule has 33 heavy (non-hydrogen) atoms. The molecule has 172 valence electrons. The van der Waals surface area contributed by atoms with Crippen molar-refractivity contribution in [3.8, 4) is 0 Å². The maximum Gasteiger partial charge on any atom is 0.355 e. The lowest BCUT2D eigenvalue weighted by Gasteiger charge is -2.22. The number of Topliss-reactive ketones (excluding diaryl/α,β-unsaturated/α-hetero) is 1. The quantitative estimate of drug-likeness (QED) is 0.384. The molecule has 1 amide bonds. The van der Waals surface area contributed by atoms with Gasteiger partial charge in [0.05, 0.1) is 13.2 Å². The summed E-state index contributed by atoms with van der Waals surface area (Å²) in [6.45, 7) is 5.30. The number of hydrogen-bond acceptors (Lipinski definition) is 5. The van der Waals surface area contributed by atoms with Crippen LogP contribution in [-0.2, 0) is 18.3 Å². The van der Waals surface area contributed by atoms with E-state index in [-0.39, 0.29) is 31.0 Å². The zero-order valence-electron chi connectivity index (χ0n) is 19.1. The van der Waals surface area contributed by atoms with E-state index < -0.39 is 17.7 Å². The molecule has 0 atom stereocenters. The van der Waals surface area contributed by atoms with Crippen LogP contribution in [-0.4, -0.2) is 45.3 Å². The van der Waals surface area contributed by atoms with Crippen LogP contribution in [0.3, 0.4) is 0 Å². The molecule has 0 spiro atoms. The largest absolute Gasteiger partial charge is 0.461 e. The highest BCUT2D eigenvalue weighted by atomic mass is 19.1. The van der Waals surface area contributed by atoms with Gasteiger partial charge in [0.25, 0.3) is 5.91 Å². The molecule has 0 bridgehead atoms. The molecule has 2 heterocycles. The molecular weight excluding hydrogens is 425 g/mol. The van der Waals surface area contributed by atoms with Crippen molar-refractivity contribution in [3.63, 3.8) is 0 Å². The zero-order valence-corrected chi connectivity index (χ0v) is 19.1. The van der Waals surface area contributed by atoms with Gasteiger partial charge < -0.3 is 14.2 Å². The van der Waals surface area contributed by atoms with E-state index >= 15 is 0 Å². The van der Waals surface area contributed by atoms with Crippen LogP contribution in [0.4, 0.5) is 4.39 Å². The molecule has 8 heteroatoms. The Balaban J connectivity index is 1.95. The Bertz CT molecular complexity index is 1170. The van der Waals surface area contributed by atoms with Gasteiger partial charge in [-0.1, -0.05) is 6.07 Å². The van der Waals surface area contributed by atoms with E-state index in [9.17, 15) is 18.8 Å². The Hall–Kier alpha value is -3.81. The van der Waals surface area contributed by atoms with Gasteiger partial charge in [-0.25, -0.2) is 9.18 Å². The first-order valence-electron chi connectivity index (χ1n) is 10.5. The van der Waals surface area contributed by atoms with E-state index in [1.807, 2.05) is 0 Å². The molecule has 0 saturated carbocycles. The molecule has 3 rings (SSSR count). The highest BCUT2D eigenvalue weighted by Crippen LogP contribution is 2.23. The lowest BCUT2D eigenvalue weighted by Crippen LogP contribution is -2.35. The molecule has 0 aliphatic carbocycles. The summed E-state index contributed by atoms with van der Waals surface area (Å²) in [5, 5.41) is 0. The smallest absolute Gasteiger partial charge is 0.355 e. The summed E-state index contributed by atoms with van der Waals surface area (Å²) in [6.07, 6.45) is 3.24. The fourth-order valence-corrected chi connectivity index (χ4v) is 3.82. The Morgan fingerprint density at radius 2 is 1.82 bits per heavy atom. The number of nitrogens with zero attached hydrogens (tertiary/aromatic N) is 3. The number of hydrogen-bond donors (Lipinski definition) is 0. The van der Waals surface area contributed by atoms with Crippen molar-refractivity contribution >= 4 is 17.7 Å². The SMILES string of the molecule is CCOC(=O)c1c(C)c(C(=O)CN(Cc2cccnc2)C(=O)c2ccc(F)cc2)c(C)n1C. The number of carbonyl (C=O) groups is 3. The number of rotatable bonds is 8. The lowest BCUT2D eigenvalue weighted by molar-refractivity contribution is 0.0514. The third-order valence-electron chi connectivity index (χ3n) is 5.49. The molecule has 0 aliphatic rings. The number of halogens is 1. The highest BCUT2D eigenvalue weighted by molar-refractivity contribution is 6.06. The van der Waals surface area contributed by atoms with E-state index in [1.165, 1.54) is 29.2 Å². The van der Waals surface area contributed by atoms with Crippen molar-refractivity contribution in [2.75, 3.05) is 13.2 Å². The molecule has 0 radical (unpaired) electrons. The van der Waals surface area contributed by atoms with E-state index in [1.54, 1.807) is 56.9 Å². The first-order chi connectivity index (χ1) is 15.7. The molecule has 7 nitrogen and oxygen atoms in total. The van der Waals surface area contributed by atoms with Gasteiger partial charge in [-0.05, 0) is 62.2 Å². The molecule has 3 aromatic rings. The Morgan fingerprint density at radius 3 is 2.42 bits per heavy atom. The van der Waals surface area contributed by atoms with Gasteiger partial charge in [0.2, 0.25) is 0 Å². The summed E-state index contributed by atoms with van der Waals surface area (Å²) in [5.41, 5.74) is 2.81. The number of aromatic nitrogens is 2. The molecule has 0 aliphatic heterocycles. The molecular formula is C25H26FN3O4. The zero-order chi connectivity index (χ0) is 24.1. The van der Waals surface area contributed by atoms with Crippen molar-refractivity contribution in [2.24, 2.45) is 7.05 Å². The van der Waals surface area contributed by atoms with Crippen LogP contribution in [0.2, 0.25) is 0 Å². The van der Waals surface area contributed by atoms with E-state index in [0.717, 1.165) is 5.56 Å². The average Bonchev–Trinajstić information content (AvgIpc) is 3.02. The molecule has 0 unspecified atom stereocenters. The van der Waals surface area contributed by atoms with Gasteiger partial charge in [-0.15, -0.1) is 0 Å². The van der Waals surface area contributed by atoms with Gasteiger partial charge >= 0.3 is 5.97 Å². The van der Waals surface area contributed by atoms with Crippen LogP contribution in [0, 0.1) is 19.7 Å². The molecule has 0 fully saturated rings. The fraction of sp³-hybridized carbons (Fsp3) is 0.280. The summed E-state index contributed by atoms with van der Waals surface area (Å²) in [5.74, 6) is -1.68. The van der Waals surface area contributed by atoms with Gasteiger partial charge in [0.1, 0.15) is 11.5 Å². The molecule has 1 aromatic carbocycles. The number of ketones is 1. The summed E-state index contributed by atoms with van der Waals surface area (Å²) < 4.78 is 20.1. The van der Waals surface area contributed by atoms with Gasteiger partial charge in [-0.3, -0.25) is 14.6 Å². The van der Waals surface area contributed by atoms with Crippen LogP contribution < -0.4 is 0 Å². The van der Waals surface area contributed by atoms with Crippen molar-refractivity contribution < 1.29 is 23.5 Å². The average molecular weight is 451 g/mol. The highest BCUT2D eigenvalue weighted by Gasteiger charge is 2.28. The number of benzene rings is 1. The van der Waals surface area contributed by atoms with Crippen molar-refractivity contribution in [2.45, 2.75) is 27.3 Å². The maximum atomic E-state index is 13.4. The number of amides is 1. The third-order valence-corrected chi connectivity index (χ3v) is 5.49. The van der Waals surface area contributed by atoms with Crippen LogP contribution in [0.5, 0.6) is 0 Å². The maximum absolute atomic E-state index is 13.4. The van der Waals surface area contributed by atoms with Crippen LogP contribution in [0.15, 0.2) is 48.8 Å². The minimum atomic E-state index is -0.505. The number of ether oxygens (including phenoxy) is 1. The monoisotopic (exact) mass is 451 g/mol. The van der Waals surface area contributed by atoms with Crippen LogP contribution in [0.1, 0.15) is 54.9 Å². The number of pyridine rings is 1. The predicted molar refractivity (Wildman–Crippen MR) is 121 cm³/mol. The lowest BCUT2D eigenvalue weighted by atomic mass is 10.0. The van der Waals surface area contributed by atoms with E-state index in [2.05, 4.69) is 4.98 Å². The Morgan fingerprint density at radius 1 is 1.12 bits per heavy atom. The second-order valence-electron chi connectivity index (χ2n) is 7.67. The topological polar surface area (TPSA) is 81.5 Å². The second-order valence-corrected chi connectivity index (χ2v) is 7.67. The summed E-state index contributed by atoms with van der Waals surface area (Å²) in [7, 11) is 1.70. The van der Waals surface area contributed by atoms with Crippen molar-refractivity contribution in [1.82, 2.24) is 14.5 Å². The molecule has 0 N–H and O–H groups in total. The minimum Gasteiger partial charge on any atom is -0.461 e. The first kappa shape index (κ1) is 23.8. The Kier molecular flexibility index (Phi) is 7.37. The Labute approximate surface area is 191 Å². The predicted octanol–water partition coefficient (Wildman–Crippen LogP) is 3.88. The van der Waals surface area contributed by atoms with Gasteiger partial charge in [0, 0.05) is 42.8 Å². The minimum absolute atomic E-state index is 0.144.